The molecule has 2 aromatic rings. The molecule has 0 aliphatic carbocycles. The van der Waals surface area contributed by atoms with Crippen LogP contribution in [0.2, 0.25) is 0 Å². The van der Waals surface area contributed by atoms with Gasteiger partial charge in [0.15, 0.2) is 0 Å². The van der Waals surface area contributed by atoms with Gasteiger partial charge in [0, 0.05) is 37.1 Å². The minimum atomic E-state index is -3.84. The van der Waals surface area contributed by atoms with Gasteiger partial charge in [-0.3, -0.25) is 14.9 Å². The molecule has 176 valence electrons. The van der Waals surface area contributed by atoms with Crippen LogP contribution in [0.1, 0.15) is 10.4 Å². The normalized spacial score (nSPS) is 14.3. The molecule has 3 rings (SSSR count). The number of carbonyl (C=O) groups excluding carboxylic acids is 3. The van der Waals surface area contributed by atoms with Gasteiger partial charge < -0.3 is 20.1 Å². The fraction of sp³-hybridized carbons (Fsp3) is 0.286. The molecule has 33 heavy (non-hydrogen) atoms. The van der Waals surface area contributed by atoms with Gasteiger partial charge in [-0.15, -0.1) is 0 Å². The molecule has 0 radical (unpaired) electrons. The Bertz CT molecular complexity index is 1120. The molecule has 2 aromatic carbocycles. The van der Waals surface area contributed by atoms with Crippen LogP contribution in [0.15, 0.2) is 53.4 Å². The standard InChI is InChI=1S/C21H24N4O7S/c1-31-11-12-32-21(28)24-17-4-2-3-16(13-17)23-20(27)15-5-7-18(8-6-15)33(29,30)25-10-9-22-19(26)14-25/h2-8,13H,9-12,14H2,1H3,(H,22,26)(H,23,27)(H,24,28). The molecule has 3 N–H and O–H groups in total. The Morgan fingerprint density at radius 3 is 2.42 bits per heavy atom. The van der Waals surface area contributed by atoms with Crippen LogP contribution in [-0.2, 0) is 24.3 Å². The van der Waals surface area contributed by atoms with E-state index in [9.17, 15) is 22.8 Å². The predicted molar refractivity (Wildman–Crippen MR) is 119 cm³/mol. The lowest BCUT2D eigenvalue weighted by atomic mass is 10.2. The maximum atomic E-state index is 12.7. The molecule has 1 fully saturated rings. The zero-order valence-corrected chi connectivity index (χ0v) is 18.7. The van der Waals surface area contributed by atoms with Crippen molar-refractivity contribution in [3.63, 3.8) is 0 Å². The molecule has 1 saturated heterocycles. The molecule has 1 aliphatic rings. The zero-order chi connectivity index (χ0) is 23.8. The molecule has 11 nitrogen and oxygen atoms in total. The summed E-state index contributed by atoms with van der Waals surface area (Å²) in [5.41, 5.74) is 1.08. The van der Waals surface area contributed by atoms with E-state index in [0.717, 1.165) is 4.31 Å². The Morgan fingerprint density at radius 1 is 1.06 bits per heavy atom. The van der Waals surface area contributed by atoms with Crippen molar-refractivity contribution in [2.75, 3.05) is 50.6 Å². The van der Waals surface area contributed by atoms with Gasteiger partial charge in [-0.1, -0.05) is 6.07 Å². The number of anilines is 2. The highest BCUT2D eigenvalue weighted by Gasteiger charge is 2.29. The molecule has 0 saturated carbocycles. The number of nitrogens with one attached hydrogen (secondary N) is 3. The number of hydrogen-bond donors (Lipinski definition) is 3. The number of carbonyl (C=O) groups is 3. The largest absolute Gasteiger partial charge is 0.447 e. The Morgan fingerprint density at radius 2 is 1.76 bits per heavy atom. The van der Waals surface area contributed by atoms with E-state index in [4.69, 9.17) is 9.47 Å². The predicted octanol–water partition coefficient (Wildman–Crippen LogP) is 1.25. The van der Waals surface area contributed by atoms with Gasteiger partial charge in [0.05, 0.1) is 18.0 Å². The fourth-order valence-corrected chi connectivity index (χ4v) is 4.39. The third-order valence-corrected chi connectivity index (χ3v) is 6.50. The van der Waals surface area contributed by atoms with Crippen LogP contribution in [0.5, 0.6) is 0 Å². The monoisotopic (exact) mass is 476 g/mol. The van der Waals surface area contributed by atoms with E-state index < -0.39 is 22.0 Å². The minimum absolute atomic E-state index is 0.00747. The van der Waals surface area contributed by atoms with Crippen LogP contribution < -0.4 is 16.0 Å². The Labute approximate surface area is 191 Å². The Kier molecular flexibility index (Phi) is 7.98. The Balaban J connectivity index is 1.63. The van der Waals surface area contributed by atoms with E-state index in [1.807, 2.05) is 0 Å². The maximum Gasteiger partial charge on any atom is 0.411 e. The van der Waals surface area contributed by atoms with Crippen LogP contribution in [0.3, 0.4) is 0 Å². The van der Waals surface area contributed by atoms with Gasteiger partial charge in [-0.25, -0.2) is 13.2 Å². The van der Waals surface area contributed by atoms with E-state index >= 15 is 0 Å². The molecular formula is C21H24N4O7S. The summed E-state index contributed by atoms with van der Waals surface area (Å²) in [6.45, 7) is 0.569. The van der Waals surface area contributed by atoms with Crippen molar-refractivity contribution in [2.24, 2.45) is 0 Å². The zero-order valence-electron chi connectivity index (χ0n) is 17.9. The SMILES string of the molecule is COCCOC(=O)Nc1cccc(NC(=O)c2ccc(S(=O)(=O)N3CCNC(=O)C3)cc2)c1. The van der Waals surface area contributed by atoms with Crippen molar-refractivity contribution in [1.29, 1.82) is 0 Å². The van der Waals surface area contributed by atoms with E-state index in [0.29, 0.717) is 11.4 Å². The average molecular weight is 477 g/mol. The molecular weight excluding hydrogens is 452 g/mol. The third kappa shape index (κ3) is 6.51. The lowest BCUT2D eigenvalue weighted by Gasteiger charge is -2.25. The van der Waals surface area contributed by atoms with Crippen LogP contribution in [0.25, 0.3) is 0 Å². The lowest BCUT2D eigenvalue weighted by Crippen LogP contribution is -2.49. The molecule has 12 heteroatoms. The average Bonchev–Trinajstić information content (AvgIpc) is 2.79. The summed E-state index contributed by atoms with van der Waals surface area (Å²) in [5.74, 6) is -0.822. The summed E-state index contributed by atoms with van der Waals surface area (Å²) < 4.78 is 36.2. The third-order valence-electron chi connectivity index (χ3n) is 4.65. The quantitative estimate of drug-likeness (QED) is 0.487. The lowest BCUT2D eigenvalue weighted by molar-refractivity contribution is -0.122. The summed E-state index contributed by atoms with van der Waals surface area (Å²) >= 11 is 0. The highest BCUT2D eigenvalue weighted by atomic mass is 32.2. The van der Waals surface area contributed by atoms with Crippen molar-refractivity contribution >= 4 is 39.3 Å². The number of rotatable bonds is 8. The molecule has 0 bridgehead atoms. The number of sulfonamides is 1. The molecule has 0 atom stereocenters. The second kappa shape index (κ2) is 10.9. The number of amides is 3. The molecule has 0 spiro atoms. The number of benzene rings is 2. The van der Waals surface area contributed by atoms with Gasteiger partial charge in [0.1, 0.15) is 6.61 Å². The number of methoxy groups -OCH3 is 1. The van der Waals surface area contributed by atoms with Gasteiger partial charge >= 0.3 is 6.09 Å². The topological polar surface area (TPSA) is 143 Å². The highest BCUT2D eigenvalue weighted by Crippen LogP contribution is 2.19. The van der Waals surface area contributed by atoms with Crippen LogP contribution in [0.4, 0.5) is 16.2 Å². The molecule has 1 heterocycles. The highest BCUT2D eigenvalue weighted by molar-refractivity contribution is 7.89. The number of nitrogens with zero attached hydrogens (tertiary/aromatic N) is 1. The summed E-state index contributed by atoms with van der Waals surface area (Å²) in [6, 6.07) is 11.9. The summed E-state index contributed by atoms with van der Waals surface area (Å²) in [7, 11) is -2.35. The van der Waals surface area contributed by atoms with Gasteiger partial charge in [-0.05, 0) is 42.5 Å². The summed E-state index contributed by atoms with van der Waals surface area (Å²) in [5, 5.41) is 7.81. The van der Waals surface area contributed by atoms with Crippen molar-refractivity contribution in [3.05, 3.63) is 54.1 Å². The molecule has 3 amide bonds. The van der Waals surface area contributed by atoms with E-state index in [1.165, 1.54) is 31.4 Å². The van der Waals surface area contributed by atoms with Crippen LogP contribution >= 0.6 is 0 Å². The first-order valence-corrected chi connectivity index (χ1v) is 11.4. The molecule has 0 aromatic heterocycles. The fourth-order valence-electron chi connectivity index (χ4n) is 3.00. The maximum absolute atomic E-state index is 12.7. The van der Waals surface area contributed by atoms with Gasteiger partial charge in [0.25, 0.3) is 5.91 Å². The number of ether oxygens (including phenoxy) is 2. The van der Waals surface area contributed by atoms with E-state index in [2.05, 4.69) is 16.0 Å². The molecule has 0 unspecified atom stereocenters. The van der Waals surface area contributed by atoms with E-state index in [1.54, 1.807) is 24.3 Å². The number of hydrogen-bond acceptors (Lipinski definition) is 7. The first kappa shape index (κ1) is 24.2. The van der Waals surface area contributed by atoms with Crippen LogP contribution in [-0.4, -0.2) is 70.6 Å². The van der Waals surface area contributed by atoms with E-state index in [-0.39, 0.29) is 49.2 Å². The van der Waals surface area contributed by atoms with Crippen molar-refractivity contribution in [3.8, 4) is 0 Å². The number of piperazine rings is 1. The molecule has 1 aliphatic heterocycles. The van der Waals surface area contributed by atoms with Crippen molar-refractivity contribution in [1.82, 2.24) is 9.62 Å². The Hall–Kier alpha value is -3.48. The summed E-state index contributed by atoms with van der Waals surface area (Å²) in [4.78, 5) is 35.8. The van der Waals surface area contributed by atoms with Gasteiger partial charge in [0.2, 0.25) is 15.9 Å². The first-order valence-electron chi connectivity index (χ1n) is 10.0. The minimum Gasteiger partial charge on any atom is -0.447 e. The van der Waals surface area contributed by atoms with Crippen LogP contribution in [0, 0.1) is 0 Å². The summed E-state index contributed by atoms with van der Waals surface area (Å²) in [6.07, 6.45) is -0.654. The van der Waals surface area contributed by atoms with Gasteiger partial charge in [-0.2, -0.15) is 4.31 Å². The van der Waals surface area contributed by atoms with Crippen molar-refractivity contribution in [2.45, 2.75) is 4.90 Å². The second-order valence-corrected chi connectivity index (χ2v) is 8.94. The first-order chi connectivity index (χ1) is 15.8. The van der Waals surface area contributed by atoms with Crippen molar-refractivity contribution < 1.29 is 32.3 Å². The smallest absolute Gasteiger partial charge is 0.411 e. The second-order valence-electron chi connectivity index (χ2n) is 7.00.